The topological polar surface area (TPSA) is 151 Å². The summed E-state index contributed by atoms with van der Waals surface area (Å²) in [6.45, 7) is -2.79. The molecule has 1 saturated heterocycles. The molecule has 2 atom stereocenters. The Balaban J connectivity index is 1.32. The Morgan fingerprint density at radius 3 is 2.92 bits per heavy atom. The molecule has 2 amide bonds. The fourth-order valence-corrected chi connectivity index (χ4v) is 6.80. The van der Waals surface area contributed by atoms with Crippen LogP contribution in [0.3, 0.4) is 0 Å². The summed E-state index contributed by atoms with van der Waals surface area (Å²) in [5.74, 6) is -2.63. The van der Waals surface area contributed by atoms with Crippen molar-refractivity contribution in [2.75, 3.05) is 11.5 Å². The molecule has 11 nitrogen and oxygen atoms in total. The van der Waals surface area contributed by atoms with Crippen molar-refractivity contribution in [3.63, 3.8) is 0 Å². The minimum absolute atomic E-state index is 0.0689. The summed E-state index contributed by atoms with van der Waals surface area (Å²) in [4.78, 5) is 48.4. The van der Waals surface area contributed by atoms with Gasteiger partial charge in [0.2, 0.25) is 0 Å². The maximum absolute atomic E-state index is 13.0. The number of thioether (sulfide) groups is 1. The van der Waals surface area contributed by atoms with Crippen LogP contribution in [-0.2, 0) is 25.8 Å². The summed E-state index contributed by atoms with van der Waals surface area (Å²) in [7, 11) is 0. The lowest BCUT2D eigenvalue weighted by molar-refractivity contribution is -0.658. The zero-order chi connectivity index (χ0) is 27.7. The number of pyridine rings is 1. The second-order valence-corrected chi connectivity index (χ2v) is 11.0. The van der Waals surface area contributed by atoms with Crippen LogP contribution < -0.4 is 15.6 Å². The molecule has 2 aliphatic rings. The standard InChI is InChI=1S/C23H18F2N6O5S3/c24-22(25)36-29-15(12-9-39-23(26)27-12)18(32)28-16-13-10-38-14(17(21(34)35)31(13)19(16)33)4-2-7-30-6-1-3-11-5-8-37-20(11)30/h1-6,8-9,13,16,22H,7,10H2,(H3-,26,27,28,32,34,35)/p+1/b4-2+,29-15-. The zero-order valence-corrected chi connectivity index (χ0v) is 22.1. The van der Waals surface area contributed by atoms with Crippen LogP contribution in [0.5, 0.6) is 0 Å². The molecule has 0 radical (unpaired) electrons. The van der Waals surface area contributed by atoms with Gasteiger partial charge < -0.3 is 21.0 Å². The van der Waals surface area contributed by atoms with Crippen molar-refractivity contribution < 1.29 is 37.7 Å². The number of carboxylic acids is 1. The van der Waals surface area contributed by atoms with Gasteiger partial charge in [-0.2, -0.15) is 13.3 Å². The SMILES string of the molecule is Nc1nc(/C(=N/OC(F)F)C(=O)NC2C(=O)N3C(C(=O)O)=C(/C=C/C[n+]4cccc5ccsc54)SCC23)cs1. The number of halogens is 2. The van der Waals surface area contributed by atoms with Gasteiger partial charge in [-0.15, -0.1) is 23.1 Å². The molecule has 0 aliphatic carbocycles. The first-order chi connectivity index (χ1) is 18.7. The number of thiazole rings is 1. The highest BCUT2D eigenvalue weighted by Crippen LogP contribution is 2.39. The van der Waals surface area contributed by atoms with Gasteiger partial charge in [0, 0.05) is 22.1 Å². The minimum atomic E-state index is -3.29. The van der Waals surface area contributed by atoms with Crippen molar-refractivity contribution >= 4 is 73.3 Å². The molecule has 4 N–H and O–H groups in total. The fourth-order valence-electron chi connectivity index (χ4n) is 4.16. The van der Waals surface area contributed by atoms with Crippen molar-refractivity contribution in [1.82, 2.24) is 15.2 Å². The van der Waals surface area contributed by atoms with Gasteiger partial charge in [-0.1, -0.05) is 16.5 Å². The maximum atomic E-state index is 13.0. The van der Waals surface area contributed by atoms with Gasteiger partial charge in [-0.25, -0.2) is 9.78 Å². The Labute approximate surface area is 231 Å². The molecule has 5 rings (SSSR count). The predicted molar refractivity (Wildman–Crippen MR) is 141 cm³/mol. The van der Waals surface area contributed by atoms with Crippen molar-refractivity contribution in [1.29, 1.82) is 0 Å². The van der Waals surface area contributed by atoms with Gasteiger partial charge in [-0.05, 0) is 29.7 Å². The monoisotopic (exact) mass is 593 g/mol. The Bertz CT molecular complexity index is 1550. The number of thiophene rings is 1. The summed E-state index contributed by atoms with van der Waals surface area (Å²) in [6, 6.07) is 4.19. The molecule has 16 heteroatoms. The van der Waals surface area contributed by atoms with Crippen LogP contribution in [0.25, 0.3) is 10.2 Å². The summed E-state index contributed by atoms with van der Waals surface area (Å²) < 4.78 is 27.2. The summed E-state index contributed by atoms with van der Waals surface area (Å²) >= 11 is 3.79. The molecule has 3 aromatic rings. The molecule has 39 heavy (non-hydrogen) atoms. The summed E-state index contributed by atoms with van der Waals surface area (Å²) in [6.07, 6.45) is 5.41. The summed E-state index contributed by atoms with van der Waals surface area (Å²) in [5.41, 5.74) is 4.68. The number of nitrogen functional groups attached to an aromatic ring is 1. The number of carboxylic acid groups (broad SMARTS) is 1. The molecule has 2 aliphatic heterocycles. The number of hydrogen-bond acceptors (Lipinski definition) is 10. The van der Waals surface area contributed by atoms with Crippen LogP contribution in [0, 0.1) is 0 Å². The molecule has 0 saturated carbocycles. The molecule has 1 fully saturated rings. The van der Waals surface area contributed by atoms with Crippen LogP contribution in [0.4, 0.5) is 13.9 Å². The molecular formula is C23H19F2N6O5S3+. The molecule has 0 bridgehead atoms. The largest absolute Gasteiger partial charge is 0.477 e. The number of aliphatic carboxylic acids is 1. The van der Waals surface area contributed by atoms with Crippen LogP contribution in [-0.4, -0.2) is 62.9 Å². The van der Waals surface area contributed by atoms with Crippen molar-refractivity contribution in [3.05, 3.63) is 63.6 Å². The van der Waals surface area contributed by atoms with E-state index in [2.05, 4.69) is 20.3 Å². The first kappa shape index (κ1) is 26.7. The quantitative estimate of drug-likeness (QED) is 0.148. The Morgan fingerprint density at radius 1 is 1.38 bits per heavy atom. The van der Waals surface area contributed by atoms with E-state index in [1.165, 1.54) is 17.1 Å². The van der Waals surface area contributed by atoms with E-state index >= 15 is 0 Å². The number of carbonyl (C=O) groups is 3. The molecule has 0 aromatic carbocycles. The number of aromatic nitrogens is 2. The number of nitrogens with one attached hydrogen (secondary N) is 1. The molecule has 5 heterocycles. The summed E-state index contributed by atoms with van der Waals surface area (Å²) in [5, 5.41) is 20.0. The van der Waals surface area contributed by atoms with Crippen molar-refractivity contribution in [2.45, 2.75) is 25.2 Å². The molecule has 0 spiro atoms. The van der Waals surface area contributed by atoms with Crippen LogP contribution in [0.1, 0.15) is 5.69 Å². The number of amides is 2. The number of carbonyl (C=O) groups excluding carboxylic acids is 2. The van der Waals surface area contributed by atoms with Crippen LogP contribution in [0.15, 0.2) is 63.1 Å². The highest BCUT2D eigenvalue weighted by molar-refractivity contribution is 8.03. The van der Waals surface area contributed by atoms with Crippen LogP contribution in [0.2, 0.25) is 0 Å². The lowest BCUT2D eigenvalue weighted by atomic mass is 9.94. The van der Waals surface area contributed by atoms with E-state index in [9.17, 15) is 28.3 Å². The van der Waals surface area contributed by atoms with Gasteiger partial charge in [-0.3, -0.25) is 14.5 Å². The highest BCUT2D eigenvalue weighted by atomic mass is 32.2. The van der Waals surface area contributed by atoms with Crippen molar-refractivity contribution in [2.24, 2.45) is 5.16 Å². The van der Waals surface area contributed by atoms with Gasteiger partial charge >= 0.3 is 12.6 Å². The molecular weight excluding hydrogens is 574 g/mol. The van der Waals surface area contributed by atoms with E-state index in [1.54, 1.807) is 17.4 Å². The van der Waals surface area contributed by atoms with E-state index in [-0.39, 0.29) is 16.5 Å². The number of anilines is 1. The van der Waals surface area contributed by atoms with E-state index < -0.39 is 42.2 Å². The van der Waals surface area contributed by atoms with E-state index in [0.29, 0.717) is 17.2 Å². The van der Waals surface area contributed by atoms with Gasteiger partial charge in [0.25, 0.3) is 16.6 Å². The number of hydrogen-bond donors (Lipinski definition) is 3. The van der Waals surface area contributed by atoms with Gasteiger partial charge in [0.15, 0.2) is 23.6 Å². The number of alkyl halides is 2. The van der Waals surface area contributed by atoms with Gasteiger partial charge in [0.1, 0.15) is 17.4 Å². The van der Waals surface area contributed by atoms with Gasteiger partial charge in [0.05, 0.1) is 11.4 Å². The predicted octanol–water partition coefficient (Wildman–Crippen LogP) is 2.17. The zero-order valence-electron chi connectivity index (χ0n) is 19.7. The minimum Gasteiger partial charge on any atom is -0.477 e. The number of fused-ring (bicyclic) bond motifs is 2. The Kier molecular flexibility index (Phi) is 7.58. The van der Waals surface area contributed by atoms with Crippen LogP contribution >= 0.6 is 34.4 Å². The third-order valence-electron chi connectivity index (χ3n) is 5.84. The van der Waals surface area contributed by atoms with Crippen molar-refractivity contribution in [3.8, 4) is 0 Å². The average molecular weight is 594 g/mol. The smallest absolute Gasteiger partial charge is 0.407 e. The molecule has 202 valence electrons. The van der Waals surface area contributed by atoms with E-state index in [0.717, 1.165) is 26.5 Å². The third kappa shape index (κ3) is 5.35. The second-order valence-electron chi connectivity index (χ2n) is 8.18. The Morgan fingerprint density at radius 2 is 2.21 bits per heavy atom. The number of β-lactam (4-membered cyclic amide) rings is 1. The lowest BCUT2D eigenvalue weighted by Crippen LogP contribution is -2.73. The third-order valence-corrected chi connectivity index (χ3v) is 8.63. The highest BCUT2D eigenvalue weighted by Gasteiger charge is 2.54. The van der Waals surface area contributed by atoms with E-state index in [1.807, 2.05) is 40.4 Å². The molecule has 2 unspecified atom stereocenters. The molecule has 3 aromatic heterocycles. The second kappa shape index (κ2) is 11.1. The normalized spacial score (nSPS) is 19.5. The number of rotatable bonds is 9. The first-order valence-electron chi connectivity index (χ1n) is 11.2. The number of nitrogens with two attached hydrogens (primary N) is 1. The number of oxime groups is 1. The fraction of sp³-hybridized carbons (Fsp3) is 0.217. The number of allylic oxidation sites excluding steroid dienone is 2. The average Bonchev–Trinajstić information content (AvgIpc) is 3.56. The maximum Gasteiger partial charge on any atom is 0.407 e. The lowest BCUT2D eigenvalue weighted by Gasteiger charge is -2.49. The number of nitrogens with zero attached hydrogens (tertiary/aromatic N) is 4. The Hall–Kier alpha value is -3.89. The van der Waals surface area contributed by atoms with E-state index in [4.69, 9.17) is 5.73 Å². The first-order valence-corrected chi connectivity index (χ1v) is 14.0.